The fraction of sp³-hybridized carbons (Fsp3) is 0.741. The Morgan fingerprint density at radius 2 is 1.12 bits per heavy atom. The molecule has 16 heteroatoms. The standard InChI is InChI=1S/C27H49N7O9/c1-14(2)11-16(29)23(38)33-19(12-15(3)4)26(41)31-17(7-5-6-10-28)24(39)32-18(8-9-21(30)35)25(40)34-20(27(42)43)13-22(36)37/h14-20H,5-13,28-29H2,1-4H3,(H2,30,35)(H,31,41)(H,32,39)(H,33,38)(H,34,40)(H,36,37)(H,42,43)/t16-,17-,18-,19-,20-/m0/s1. The lowest BCUT2D eigenvalue weighted by molar-refractivity contribution is -0.147. The number of hydrogen-bond donors (Lipinski definition) is 9. The van der Waals surface area contributed by atoms with Crippen LogP contribution in [0, 0.1) is 11.8 Å². The van der Waals surface area contributed by atoms with E-state index in [-0.39, 0.29) is 37.5 Å². The third-order valence-corrected chi connectivity index (χ3v) is 6.29. The lowest BCUT2D eigenvalue weighted by Gasteiger charge is -2.27. The molecule has 0 aromatic heterocycles. The van der Waals surface area contributed by atoms with Gasteiger partial charge in [-0.3, -0.25) is 28.8 Å². The van der Waals surface area contributed by atoms with Crippen molar-refractivity contribution >= 4 is 41.5 Å². The van der Waals surface area contributed by atoms with Gasteiger partial charge in [-0.05, 0) is 56.9 Å². The van der Waals surface area contributed by atoms with Crippen LogP contribution < -0.4 is 38.5 Å². The minimum Gasteiger partial charge on any atom is -0.481 e. The van der Waals surface area contributed by atoms with Gasteiger partial charge in [0.2, 0.25) is 29.5 Å². The summed E-state index contributed by atoms with van der Waals surface area (Å²) in [5.74, 6) is -6.84. The van der Waals surface area contributed by atoms with Gasteiger partial charge in [0.1, 0.15) is 24.2 Å². The molecule has 5 atom stereocenters. The van der Waals surface area contributed by atoms with E-state index in [9.17, 15) is 38.7 Å². The van der Waals surface area contributed by atoms with Crippen LogP contribution in [0.5, 0.6) is 0 Å². The van der Waals surface area contributed by atoms with Gasteiger partial charge < -0.3 is 48.7 Å². The number of carbonyl (C=O) groups excluding carboxylic acids is 5. The van der Waals surface area contributed by atoms with Crippen molar-refractivity contribution in [3.8, 4) is 0 Å². The van der Waals surface area contributed by atoms with Crippen LogP contribution in [-0.2, 0) is 33.6 Å². The second kappa shape index (κ2) is 20.2. The van der Waals surface area contributed by atoms with Crippen LogP contribution in [0.2, 0.25) is 0 Å². The maximum Gasteiger partial charge on any atom is 0.326 e. The number of amides is 5. The number of nitrogens with two attached hydrogens (primary N) is 3. The van der Waals surface area contributed by atoms with E-state index in [2.05, 4.69) is 16.0 Å². The van der Waals surface area contributed by atoms with E-state index < -0.39 is 78.1 Å². The Balaban J connectivity index is 5.97. The average Bonchev–Trinajstić information content (AvgIpc) is 2.88. The lowest BCUT2D eigenvalue weighted by atomic mass is 9.99. The Hall–Kier alpha value is -3.79. The second-order valence-corrected chi connectivity index (χ2v) is 11.3. The number of carbonyl (C=O) groups is 7. The molecule has 0 heterocycles. The molecule has 16 nitrogen and oxygen atoms in total. The summed E-state index contributed by atoms with van der Waals surface area (Å²) in [6.45, 7) is 7.82. The fourth-order valence-corrected chi connectivity index (χ4v) is 4.11. The molecule has 0 aromatic rings. The molecule has 0 aliphatic rings. The Morgan fingerprint density at radius 1 is 0.651 bits per heavy atom. The molecule has 0 saturated heterocycles. The average molecular weight is 616 g/mol. The van der Waals surface area contributed by atoms with Crippen LogP contribution in [0.3, 0.4) is 0 Å². The van der Waals surface area contributed by atoms with Gasteiger partial charge in [0.15, 0.2) is 0 Å². The van der Waals surface area contributed by atoms with Crippen molar-refractivity contribution in [2.45, 2.75) is 109 Å². The highest BCUT2D eigenvalue weighted by molar-refractivity contribution is 5.96. The van der Waals surface area contributed by atoms with Gasteiger partial charge in [0, 0.05) is 6.42 Å². The smallest absolute Gasteiger partial charge is 0.326 e. The molecule has 0 aliphatic carbocycles. The van der Waals surface area contributed by atoms with Gasteiger partial charge in [-0.15, -0.1) is 0 Å². The van der Waals surface area contributed by atoms with E-state index in [4.69, 9.17) is 22.3 Å². The zero-order chi connectivity index (χ0) is 33.3. The quantitative estimate of drug-likeness (QED) is 0.0618. The fourth-order valence-electron chi connectivity index (χ4n) is 4.11. The first kappa shape index (κ1) is 39.2. The molecule has 0 unspecified atom stereocenters. The number of carboxylic acid groups (broad SMARTS) is 2. The van der Waals surface area contributed by atoms with Crippen LogP contribution in [-0.4, -0.2) is 88.4 Å². The molecule has 0 radical (unpaired) electrons. The van der Waals surface area contributed by atoms with E-state index in [1.807, 2.05) is 33.0 Å². The SMILES string of the molecule is CC(C)C[C@H](NC(=O)[C@@H](N)CC(C)C)C(=O)N[C@@H](CCCCN)C(=O)N[C@@H](CCC(N)=O)C(=O)N[C@@H](CC(=O)O)C(=O)O. The van der Waals surface area contributed by atoms with Crippen molar-refractivity contribution in [3.63, 3.8) is 0 Å². The second-order valence-electron chi connectivity index (χ2n) is 11.3. The van der Waals surface area contributed by atoms with Gasteiger partial charge in [-0.25, -0.2) is 4.79 Å². The summed E-state index contributed by atoms with van der Waals surface area (Å²) in [6.07, 6.45) is 0.0465. The number of carboxylic acids is 2. The molecule has 5 amide bonds. The highest BCUT2D eigenvalue weighted by atomic mass is 16.4. The molecule has 0 rings (SSSR count). The summed E-state index contributed by atoms with van der Waals surface area (Å²) < 4.78 is 0. The predicted octanol–water partition coefficient (Wildman–Crippen LogP) is -1.70. The largest absolute Gasteiger partial charge is 0.481 e. The first-order valence-corrected chi connectivity index (χ1v) is 14.4. The molecule has 0 spiro atoms. The summed E-state index contributed by atoms with van der Waals surface area (Å²) in [4.78, 5) is 86.1. The minimum atomic E-state index is -1.81. The van der Waals surface area contributed by atoms with Gasteiger partial charge in [0.25, 0.3) is 0 Å². The third kappa shape index (κ3) is 17.0. The van der Waals surface area contributed by atoms with Crippen molar-refractivity contribution in [1.82, 2.24) is 21.3 Å². The molecule has 12 N–H and O–H groups in total. The first-order valence-electron chi connectivity index (χ1n) is 14.4. The summed E-state index contributed by atoms with van der Waals surface area (Å²) in [5.41, 5.74) is 16.7. The molecule has 0 saturated carbocycles. The summed E-state index contributed by atoms with van der Waals surface area (Å²) in [6, 6.07) is -6.35. The lowest BCUT2D eigenvalue weighted by Crippen LogP contribution is -2.58. The van der Waals surface area contributed by atoms with Crippen molar-refractivity contribution in [2.24, 2.45) is 29.0 Å². The molecule has 0 fully saturated rings. The minimum absolute atomic E-state index is 0.0169. The van der Waals surface area contributed by atoms with Gasteiger partial charge >= 0.3 is 11.9 Å². The molecule has 0 aromatic carbocycles. The van der Waals surface area contributed by atoms with E-state index in [0.29, 0.717) is 25.8 Å². The van der Waals surface area contributed by atoms with E-state index in [0.717, 1.165) is 0 Å². The maximum atomic E-state index is 13.4. The molecule has 43 heavy (non-hydrogen) atoms. The zero-order valence-corrected chi connectivity index (χ0v) is 25.4. The van der Waals surface area contributed by atoms with Gasteiger partial charge in [-0.2, -0.15) is 0 Å². The Bertz CT molecular complexity index is 974. The number of primary amides is 1. The maximum absolute atomic E-state index is 13.4. The van der Waals surface area contributed by atoms with E-state index >= 15 is 0 Å². The number of aliphatic carboxylic acids is 2. The zero-order valence-electron chi connectivity index (χ0n) is 25.4. The normalized spacial score (nSPS) is 14.6. The monoisotopic (exact) mass is 615 g/mol. The van der Waals surface area contributed by atoms with Crippen LogP contribution in [0.15, 0.2) is 0 Å². The van der Waals surface area contributed by atoms with Crippen LogP contribution in [0.1, 0.15) is 79.1 Å². The van der Waals surface area contributed by atoms with Crippen LogP contribution >= 0.6 is 0 Å². The molecular weight excluding hydrogens is 566 g/mol. The van der Waals surface area contributed by atoms with Gasteiger partial charge in [-0.1, -0.05) is 27.7 Å². The van der Waals surface area contributed by atoms with E-state index in [1.165, 1.54) is 0 Å². The summed E-state index contributed by atoms with van der Waals surface area (Å²) >= 11 is 0. The highest BCUT2D eigenvalue weighted by Crippen LogP contribution is 2.10. The first-order chi connectivity index (χ1) is 20.0. The van der Waals surface area contributed by atoms with Crippen LogP contribution in [0.25, 0.3) is 0 Å². The van der Waals surface area contributed by atoms with Crippen molar-refractivity contribution in [1.29, 1.82) is 0 Å². The topological polar surface area (TPSA) is 286 Å². The number of nitrogens with one attached hydrogen (secondary N) is 4. The highest BCUT2D eigenvalue weighted by Gasteiger charge is 2.32. The summed E-state index contributed by atoms with van der Waals surface area (Å²) in [5, 5.41) is 28.0. The molecule has 246 valence electrons. The Labute approximate surface area is 251 Å². The van der Waals surface area contributed by atoms with Crippen LogP contribution in [0.4, 0.5) is 0 Å². The van der Waals surface area contributed by atoms with Crippen molar-refractivity contribution in [3.05, 3.63) is 0 Å². The van der Waals surface area contributed by atoms with E-state index in [1.54, 1.807) is 0 Å². The molecule has 0 bridgehead atoms. The summed E-state index contributed by atoms with van der Waals surface area (Å²) in [7, 11) is 0. The van der Waals surface area contributed by atoms with Crippen molar-refractivity contribution in [2.75, 3.05) is 6.54 Å². The number of unbranched alkanes of at least 4 members (excludes halogenated alkanes) is 1. The molecular formula is C27H49N7O9. The van der Waals surface area contributed by atoms with Crippen molar-refractivity contribution < 1.29 is 43.8 Å². The number of rotatable bonds is 22. The van der Waals surface area contributed by atoms with Gasteiger partial charge in [0.05, 0.1) is 12.5 Å². The molecule has 0 aliphatic heterocycles. The number of hydrogen-bond acceptors (Lipinski definition) is 9. The Morgan fingerprint density at radius 3 is 1.56 bits per heavy atom. The third-order valence-electron chi connectivity index (χ3n) is 6.29. The predicted molar refractivity (Wildman–Crippen MR) is 156 cm³/mol. The Kier molecular flexibility index (Phi) is 18.4.